The van der Waals surface area contributed by atoms with E-state index in [0.717, 1.165) is 17.9 Å². The van der Waals surface area contributed by atoms with Crippen molar-refractivity contribution in [2.75, 3.05) is 19.6 Å². The predicted molar refractivity (Wildman–Crippen MR) is 69.6 cm³/mol. The van der Waals surface area contributed by atoms with E-state index in [1.54, 1.807) is 0 Å². The van der Waals surface area contributed by atoms with E-state index in [-0.39, 0.29) is 0 Å². The Morgan fingerprint density at radius 1 is 1.31 bits per heavy atom. The molecule has 0 radical (unpaired) electrons. The highest BCUT2D eigenvalue weighted by Gasteiger charge is 2.33. The first-order valence-corrected chi connectivity index (χ1v) is 6.95. The van der Waals surface area contributed by atoms with Crippen LogP contribution < -0.4 is 5.32 Å². The van der Waals surface area contributed by atoms with Gasteiger partial charge in [0.15, 0.2) is 0 Å². The van der Waals surface area contributed by atoms with Crippen LogP contribution in [0.1, 0.15) is 47.0 Å². The Bertz CT molecular complexity index is 235. The average Bonchev–Trinajstić information content (AvgIpc) is 2.73. The van der Waals surface area contributed by atoms with Crippen LogP contribution in [0.25, 0.3) is 0 Å². The largest absolute Gasteiger partial charge is 0.312 e. The van der Waals surface area contributed by atoms with E-state index in [4.69, 9.17) is 0 Å². The Kier molecular flexibility index (Phi) is 3.60. The highest BCUT2D eigenvalue weighted by molar-refractivity contribution is 4.91. The van der Waals surface area contributed by atoms with Crippen LogP contribution in [0.4, 0.5) is 0 Å². The second kappa shape index (κ2) is 4.66. The number of hydrogen-bond acceptors (Lipinski definition) is 2. The van der Waals surface area contributed by atoms with Gasteiger partial charge in [0.25, 0.3) is 0 Å². The smallest absolute Gasteiger partial charge is 0.0128 e. The second-order valence-electron chi connectivity index (χ2n) is 6.81. The van der Waals surface area contributed by atoms with E-state index in [2.05, 4.69) is 37.9 Å². The molecule has 2 atom stereocenters. The van der Waals surface area contributed by atoms with Crippen molar-refractivity contribution in [3.05, 3.63) is 0 Å². The Hall–Kier alpha value is -0.0800. The van der Waals surface area contributed by atoms with Crippen LogP contribution in [0, 0.1) is 11.8 Å². The Balaban J connectivity index is 1.76. The van der Waals surface area contributed by atoms with Gasteiger partial charge in [-0.25, -0.2) is 0 Å². The summed E-state index contributed by atoms with van der Waals surface area (Å²) in [6.45, 7) is 13.2. The number of nitrogens with one attached hydrogen (secondary N) is 1. The molecule has 2 aliphatic heterocycles. The van der Waals surface area contributed by atoms with Crippen molar-refractivity contribution in [2.45, 2.75) is 58.5 Å². The molecule has 16 heavy (non-hydrogen) atoms. The van der Waals surface area contributed by atoms with E-state index in [0.29, 0.717) is 5.54 Å². The average molecular weight is 224 g/mol. The van der Waals surface area contributed by atoms with Crippen molar-refractivity contribution in [3.63, 3.8) is 0 Å². The van der Waals surface area contributed by atoms with E-state index >= 15 is 0 Å². The highest BCUT2D eigenvalue weighted by Crippen LogP contribution is 2.32. The van der Waals surface area contributed by atoms with Gasteiger partial charge in [-0.2, -0.15) is 0 Å². The molecular weight excluding hydrogens is 196 g/mol. The first kappa shape index (κ1) is 12.4. The maximum atomic E-state index is 3.64. The Morgan fingerprint density at radius 2 is 2.06 bits per heavy atom. The number of nitrogens with zero attached hydrogens (tertiary/aromatic N) is 1. The zero-order chi connectivity index (χ0) is 11.8. The fourth-order valence-corrected chi connectivity index (χ4v) is 3.45. The second-order valence-corrected chi connectivity index (χ2v) is 6.81. The van der Waals surface area contributed by atoms with Crippen LogP contribution in [-0.4, -0.2) is 36.1 Å². The molecule has 2 nitrogen and oxygen atoms in total. The highest BCUT2D eigenvalue weighted by atomic mass is 15.2. The number of likely N-dealkylation sites (tertiary alicyclic amines) is 1. The van der Waals surface area contributed by atoms with Crippen molar-refractivity contribution < 1.29 is 0 Å². The molecule has 0 spiro atoms. The van der Waals surface area contributed by atoms with Gasteiger partial charge in [0.2, 0.25) is 0 Å². The molecule has 0 saturated carbocycles. The summed E-state index contributed by atoms with van der Waals surface area (Å²) in [6, 6.07) is 0.739. The van der Waals surface area contributed by atoms with Crippen molar-refractivity contribution >= 4 is 0 Å². The van der Waals surface area contributed by atoms with Gasteiger partial charge < -0.3 is 10.2 Å². The minimum absolute atomic E-state index is 0.390. The van der Waals surface area contributed by atoms with Crippen molar-refractivity contribution in [1.29, 1.82) is 0 Å². The van der Waals surface area contributed by atoms with Gasteiger partial charge in [-0.1, -0.05) is 0 Å². The molecular formula is C14H28N2. The number of hydrogen-bond donors (Lipinski definition) is 1. The standard InChI is InChI=1S/C14H28N2/c1-11(2)16-6-5-12(10-16)7-13-8-14(3,4)15-9-13/h11-13,15H,5-10H2,1-4H3. The normalized spacial score (nSPS) is 35.1. The third-order valence-electron chi connectivity index (χ3n) is 4.38. The molecule has 2 fully saturated rings. The zero-order valence-corrected chi connectivity index (χ0v) is 11.4. The molecule has 2 saturated heterocycles. The third kappa shape index (κ3) is 2.98. The van der Waals surface area contributed by atoms with E-state index in [9.17, 15) is 0 Å². The van der Waals surface area contributed by atoms with Crippen LogP contribution in [0.2, 0.25) is 0 Å². The van der Waals surface area contributed by atoms with Crippen LogP contribution in [0.5, 0.6) is 0 Å². The van der Waals surface area contributed by atoms with Crippen molar-refractivity contribution in [3.8, 4) is 0 Å². The lowest BCUT2D eigenvalue weighted by Crippen LogP contribution is -2.31. The molecule has 0 aromatic heterocycles. The Labute approximate surface area is 101 Å². The molecule has 2 heteroatoms. The van der Waals surface area contributed by atoms with Crippen LogP contribution in [-0.2, 0) is 0 Å². The minimum Gasteiger partial charge on any atom is -0.312 e. The molecule has 2 aliphatic rings. The molecule has 2 heterocycles. The summed E-state index contributed by atoms with van der Waals surface area (Å²) in [5, 5.41) is 3.64. The maximum absolute atomic E-state index is 3.64. The summed E-state index contributed by atoms with van der Waals surface area (Å²) < 4.78 is 0. The summed E-state index contributed by atoms with van der Waals surface area (Å²) in [6.07, 6.45) is 4.24. The predicted octanol–water partition coefficient (Wildman–Crippen LogP) is 2.49. The minimum atomic E-state index is 0.390. The third-order valence-corrected chi connectivity index (χ3v) is 4.38. The van der Waals surface area contributed by atoms with E-state index in [1.807, 2.05) is 0 Å². The lowest BCUT2D eigenvalue weighted by Gasteiger charge is -2.21. The summed E-state index contributed by atoms with van der Waals surface area (Å²) in [5.41, 5.74) is 0.390. The SMILES string of the molecule is CC(C)N1CCC(CC2CNC(C)(C)C2)C1. The lowest BCUT2D eigenvalue weighted by molar-refractivity contribution is 0.256. The van der Waals surface area contributed by atoms with Crippen LogP contribution in [0.3, 0.4) is 0 Å². The first-order chi connectivity index (χ1) is 7.46. The van der Waals surface area contributed by atoms with Crippen LogP contribution in [0.15, 0.2) is 0 Å². The van der Waals surface area contributed by atoms with E-state index in [1.165, 1.54) is 38.9 Å². The molecule has 0 bridgehead atoms. The van der Waals surface area contributed by atoms with Crippen molar-refractivity contribution in [2.24, 2.45) is 11.8 Å². The van der Waals surface area contributed by atoms with Crippen molar-refractivity contribution in [1.82, 2.24) is 10.2 Å². The maximum Gasteiger partial charge on any atom is 0.0128 e. The van der Waals surface area contributed by atoms with Gasteiger partial charge in [0.05, 0.1) is 0 Å². The van der Waals surface area contributed by atoms with Gasteiger partial charge >= 0.3 is 0 Å². The quantitative estimate of drug-likeness (QED) is 0.792. The Morgan fingerprint density at radius 3 is 2.56 bits per heavy atom. The summed E-state index contributed by atoms with van der Waals surface area (Å²) in [4.78, 5) is 2.64. The monoisotopic (exact) mass is 224 g/mol. The molecule has 0 aromatic carbocycles. The molecule has 94 valence electrons. The first-order valence-electron chi connectivity index (χ1n) is 6.95. The van der Waals surface area contributed by atoms with Gasteiger partial charge in [0.1, 0.15) is 0 Å². The van der Waals surface area contributed by atoms with Gasteiger partial charge in [0, 0.05) is 18.1 Å². The molecule has 2 rings (SSSR count). The summed E-state index contributed by atoms with van der Waals surface area (Å²) >= 11 is 0. The van der Waals surface area contributed by atoms with Gasteiger partial charge in [-0.15, -0.1) is 0 Å². The molecule has 0 aromatic rings. The molecule has 0 amide bonds. The topological polar surface area (TPSA) is 15.3 Å². The van der Waals surface area contributed by atoms with Gasteiger partial charge in [-0.3, -0.25) is 0 Å². The lowest BCUT2D eigenvalue weighted by atomic mass is 9.89. The fourth-order valence-electron chi connectivity index (χ4n) is 3.45. The van der Waals surface area contributed by atoms with E-state index < -0.39 is 0 Å². The zero-order valence-electron chi connectivity index (χ0n) is 11.4. The van der Waals surface area contributed by atoms with Crippen LogP contribution >= 0.6 is 0 Å². The van der Waals surface area contributed by atoms with Gasteiger partial charge in [-0.05, 0) is 71.9 Å². The fraction of sp³-hybridized carbons (Fsp3) is 1.00. The summed E-state index contributed by atoms with van der Waals surface area (Å²) in [7, 11) is 0. The molecule has 1 N–H and O–H groups in total. The molecule has 2 unspecified atom stereocenters. The summed E-state index contributed by atoms with van der Waals surface area (Å²) in [5.74, 6) is 1.88. The number of rotatable bonds is 3. The molecule has 0 aliphatic carbocycles.